The van der Waals surface area contributed by atoms with Gasteiger partial charge in [0, 0.05) is 38.5 Å². The average molecular weight is 295 g/mol. The lowest BCUT2D eigenvalue weighted by Gasteiger charge is -2.34. The molecule has 118 valence electrons. The summed E-state index contributed by atoms with van der Waals surface area (Å²) in [6, 6.07) is -0.0496. The number of urea groups is 1. The van der Waals surface area contributed by atoms with Gasteiger partial charge in [-0.15, -0.1) is 10.2 Å². The summed E-state index contributed by atoms with van der Waals surface area (Å²) >= 11 is 0. The molecule has 2 atom stereocenters. The van der Waals surface area contributed by atoms with Gasteiger partial charge >= 0.3 is 6.03 Å². The van der Waals surface area contributed by atoms with Crippen molar-refractivity contribution in [1.29, 1.82) is 0 Å². The second-order valence-electron chi connectivity index (χ2n) is 5.61. The second kappa shape index (κ2) is 7.40. The van der Waals surface area contributed by atoms with Crippen molar-refractivity contribution in [3.05, 3.63) is 12.2 Å². The number of aryl methyl sites for hydroxylation is 1. The highest BCUT2D eigenvalue weighted by atomic mass is 16.3. The Balaban J connectivity index is 1.76. The minimum absolute atomic E-state index is 0.0496. The third-order valence-corrected chi connectivity index (χ3v) is 4.07. The van der Waals surface area contributed by atoms with Gasteiger partial charge in [-0.1, -0.05) is 6.92 Å². The number of nitrogens with one attached hydrogen (secondary N) is 1. The van der Waals surface area contributed by atoms with E-state index in [0.717, 1.165) is 31.6 Å². The fourth-order valence-corrected chi connectivity index (χ4v) is 2.72. The van der Waals surface area contributed by atoms with Crippen LogP contribution >= 0.6 is 0 Å². The van der Waals surface area contributed by atoms with E-state index in [1.807, 2.05) is 11.5 Å². The van der Waals surface area contributed by atoms with Gasteiger partial charge in [-0.3, -0.25) is 0 Å². The van der Waals surface area contributed by atoms with Crippen LogP contribution in [0.15, 0.2) is 6.33 Å². The largest absolute Gasteiger partial charge is 0.393 e. The molecule has 1 aromatic rings. The van der Waals surface area contributed by atoms with Crippen LogP contribution in [0.25, 0.3) is 0 Å². The summed E-state index contributed by atoms with van der Waals surface area (Å²) in [4.78, 5) is 13.9. The van der Waals surface area contributed by atoms with Crippen molar-refractivity contribution < 1.29 is 9.90 Å². The average Bonchev–Trinajstić information content (AvgIpc) is 2.94. The SMILES string of the molecule is CCc1nncn1CCNC(=O)N1CCCC(C(C)O)C1. The lowest BCUT2D eigenvalue weighted by atomic mass is 9.94. The predicted molar refractivity (Wildman–Crippen MR) is 78.8 cm³/mol. The summed E-state index contributed by atoms with van der Waals surface area (Å²) in [5.74, 6) is 1.12. The lowest BCUT2D eigenvalue weighted by molar-refractivity contribution is 0.0739. The van der Waals surface area contributed by atoms with Gasteiger partial charge in [0.1, 0.15) is 12.2 Å². The van der Waals surface area contributed by atoms with E-state index in [4.69, 9.17) is 0 Å². The van der Waals surface area contributed by atoms with E-state index in [1.165, 1.54) is 0 Å². The molecule has 0 aliphatic carbocycles. The van der Waals surface area contributed by atoms with Crippen molar-refractivity contribution in [3.63, 3.8) is 0 Å². The first-order chi connectivity index (χ1) is 10.1. The van der Waals surface area contributed by atoms with Crippen LogP contribution in [0.3, 0.4) is 0 Å². The van der Waals surface area contributed by atoms with Crippen LogP contribution in [0, 0.1) is 5.92 Å². The Hall–Kier alpha value is -1.63. The minimum Gasteiger partial charge on any atom is -0.393 e. The smallest absolute Gasteiger partial charge is 0.317 e. The van der Waals surface area contributed by atoms with Crippen molar-refractivity contribution in [3.8, 4) is 0 Å². The second-order valence-corrected chi connectivity index (χ2v) is 5.61. The van der Waals surface area contributed by atoms with Crippen LogP contribution in [0.2, 0.25) is 0 Å². The van der Waals surface area contributed by atoms with E-state index >= 15 is 0 Å². The molecule has 7 heteroatoms. The van der Waals surface area contributed by atoms with Crippen molar-refractivity contribution >= 4 is 6.03 Å². The Morgan fingerprint density at radius 1 is 1.62 bits per heavy atom. The molecular formula is C14H25N5O2. The molecule has 1 fully saturated rings. The fraction of sp³-hybridized carbons (Fsp3) is 0.786. The number of piperidine rings is 1. The van der Waals surface area contributed by atoms with Crippen molar-refractivity contribution in [2.45, 2.75) is 45.8 Å². The molecule has 0 bridgehead atoms. The molecule has 2 rings (SSSR count). The number of rotatable bonds is 5. The number of carbonyl (C=O) groups is 1. The molecule has 1 aliphatic rings. The maximum absolute atomic E-state index is 12.1. The Morgan fingerprint density at radius 2 is 2.43 bits per heavy atom. The predicted octanol–water partition coefficient (Wildman–Crippen LogP) is 0.643. The number of likely N-dealkylation sites (tertiary alicyclic amines) is 1. The zero-order valence-electron chi connectivity index (χ0n) is 12.8. The first-order valence-corrected chi connectivity index (χ1v) is 7.69. The number of hydrogen-bond donors (Lipinski definition) is 2. The maximum atomic E-state index is 12.1. The van der Waals surface area contributed by atoms with Gasteiger partial charge in [0.05, 0.1) is 6.10 Å². The molecule has 0 saturated carbocycles. The maximum Gasteiger partial charge on any atom is 0.317 e. The van der Waals surface area contributed by atoms with Crippen molar-refractivity contribution in [1.82, 2.24) is 25.0 Å². The molecule has 2 unspecified atom stereocenters. The first kappa shape index (κ1) is 15.8. The summed E-state index contributed by atoms with van der Waals surface area (Å²) in [6.45, 7) is 6.46. The number of amides is 2. The van der Waals surface area contributed by atoms with Crippen LogP contribution in [-0.4, -0.2) is 56.5 Å². The number of hydrogen-bond acceptors (Lipinski definition) is 4. The standard InChI is InChI=1S/C14H25N5O2/c1-3-13-17-16-10-19(13)8-6-15-14(21)18-7-4-5-12(9-18)11(2)20/h10-12,20H,3-9H2,1-2H3,(H,15,21). The molecule has 7 nitrogen and oxygen atoms in total. The van der Waals surface area contributed by atoms with E-state index in [0.29, 0.717) is 19.6 Å². The first-order valence-electron chi connectivity index (χ1n) is 7.69. The van der Waals surface area contributed by atoms with Crippen molar-refractivity contribution in [2.75, 3.05) is 19.6 Å². The van der Waals surface area contributed by atoms with E-state index in [1.54, 1.807) is 18.2 Å². The van der Waals surface area contributed by atoms with Crippen LogP contribution in [0.1, 0.15) is 32.5 Å². The van der Waals surface area contributed by atoms with E-state index < -0.39 is 0 Å². The summed E-state index contributed by atoms with van der Waals surface area (Å²) in [6.07, 6.45) is 4.10. The van der Waals surface area contributed by atoms with E-state index in [-0.39, 0.29) is 18.1 Å². The minimum atomic E-state index is -0.357. The highest BCUT2D eigenvalue weighted by Gasteiger charge is 2.26. The molecule has 1 aromatic heterocycles. The van der Waals surface area contributed by atoms with Gasteiger partial charge in [0.2, 0.25) is 0 Å². The van der Waals surface area contributed by atoms with E-state index in [2.05, 4.69) is 15.5 Å². The monoisotopic (exact) mass is 295 g/mol. The van der Waals surface area contributed by atoms with E-state index in [9.17, 15) is 9.90 Å². The topological polar surface area (TPSA) is 83.3 Å². The summed E-state index contributed by atoms with van der Waals surface area (Å²) in [5.41, 5.74) is 0. The highest BCUT2D eigenvalue weighted by Crippen LogP contribution is 2.19. The van der Waals surface area contributed by atoms with Gasteiger partial charge in [-0.05, 0) is 19.8 Å². The Bertz CT molecular complexity index is 460. The Morgan fingerprint density at radius 3 is 3.14 bits per heavy atom. The number of aromatic nitrogens is 3. The highest BCUT2D eigenvalue weighted by molar-refractivity contribution is 5.74. The molecule has 21 heavy (non-hydrogen) atoms. The van der Waals surface area contributed by atoms with Crippen molar-refractivity contribution in [2.24, 2.45) is 5.92 Å². The lowest BCUT2D eigenvalue weighted by Crippen LogP contribution is -2.48. The molecule has 0 spiro atoms. The molecule has 2 N–H and O–H groups in total. The van der Waals surface area contributed by atoms with Crippen LogP contribution in [0.4, 0.5) is 4.79 Å². The molecule has 2 heterocycles. The van der Waals surface area contributed by atoms with Crippen LogP contribution in [0.5, 0.6) is 0 Å². The summed E-state index contributed by atoms with van der Waals surface area (Å²) in [5, 5.41) is 20.5. The molecular weight excluding hydrogens is 270 g/mol. The number of carbonyl (C=O) groups excluding carboxylic acids is 1. The number of aliphatic hydroxyl groups is 1. The summed E-state index contributed by atoms with van der Waals surface area (Å²) in [7, 11) is 0. The Labute approximate surface area is 125 Å². The molecule has 2 amide bonds. The fourth-order valence-electron chi connectivity index (χ4n) is 2.72. The summed E-state index contributed by atoms with van der Waals surface area (Å²) < 4.78 is 1.95. The zero-order chi connectivity index (χ0) is 15.2. The third kappa shape index (κ3) is 4.17. The van der Waals surface area contributed by atoms with Gasteiger partial charge in [0.25, 0.3) is 0 Å². The molecule has 1 aliphatic heterocycles. The van der Waals surface area contributed by atoms with Crippen LogP contribution in [-0.2, 0) is 13.0 Å². The molecule has 0 radical (unpaired) electrons. The molecule has 0 aromatic carbocycles. The van der Waals surface area contributed by atoms with Gasteiger partial charge in [-0.25, -0.2) is 4.79 Å². The zero-order valence-corrected chi connectivity index (χ0v) is 12.8. The normalized spacial score (nSPS) is 20.3. The van der Waals surface area contributed by atoms with Gasteiger partial charge in [-0.2, -0.15) is 0 Å². The van der Waals surface area contributed by atoms with Gasteiger partial charge < -0.3 is 19.9 Å². The van der Waals surface area contributed by atoms with Gasteiger partial charge in [0.15, 0.2) is 0 Å². The number of aliphatic hydroxyl groups excluding tert-OH is 1. The number of nitrogens with zero attached hydrogens (tertiary/aromatic N) is 4. The molecule has 1 saturated heterocycles. The quantitative estimate of drug-likeness (QED) is 0.835. The Kier molecular flexibility index (Phi) is 5.55. The van der Waals surface area contributed by atoms with Crippen LogP contribution < -0.4 is 5.32 Å². The third-order valence-electron chi connectivity index (χ3n) is 4.07.